The van der Waals surface area contributed by atoms with E-state index in [2.05, 4.69) is 12.2 Å². The summed E-state index contributed by atoms with van der Waals surface area (Å²) < 4.78 is 36.8. The van der Waals surface area contributed by atoms with Gasteiger partial charge in [-0.3, -0.25) is 0 Å². The van der Waals surface area contributed by atoms with Crippen molar-refractivity contribution in [3.63, 3.8) is 0 Å². The molecule has 0 amide bonds. The second kappa shape index (κ2) is 5.53. The maximum atomic E-state index is 13.9. The van der Waals surface area contributed by atoms with Gasteiger partial charge in [0, 0.05) is 5.41 Å². The second-order valence-corrected chi connectivity index (χ2v) is 8.52. The van der Waals surface area contributed by atoms with E-state index in [9.17, 15) is 12.8 Å². The topological polar surface area (TPSA) is 60.2 Å². The first-order chi connectivity index (χ1) is 11.8. The Labute approximate surface area is 150 Å². The molecule has 0 aliphatic heterocycles. The van der Waals surface area contributed by atoms with E-state index in [1.807, 2.05) is 0 Å². The number of allylic oxidation sites excluding steroid dienone is 4. The van der Waals surface area contributed by atoms with E-state index in [-0.39, 0.29) is 15.3 Å². The van der Waals surface area contributed by atoms with E-state index in [4.69, 9.17) is 16.7 Å². The number of primary sulfonamides is 1. The molecule has 2 aliphatic rings. The predicted molar refractivity (Wildman–Crippen MR) is 96.8 cm³/mol. The van der Waals surface area contributed by atoms with E-state index < -0.39 is 15.8 Å². The van der Waals surface area contributed by atoms with Gasteiger partial charge in [-0.15, -0.1) is 0 Å². The van der Waals surface area contributed by atoms with Gasteiger partial charge in [-0.2, -0.15) is 0 Å². The van der Waals surface area contributed by atoms with Crippen LogP contribution in [-0.2, 0) is 10.0 Å². The molecule has 25 heavy (non-hydrogen) atoms. The van der Waals surface area contributed by atoms with Crippen molar-refractivity contribution in [2.45, 2.75) is 17.7 Å². The summed E-state index contributed by atoms with van der Waals surface area (Å²) in [5.41, 5.74) is 3.58. The van der Waals surface area contributed by atoms with E-state index in [1.165, 1.54) is 18.2 Å². The molecule has 4 rings (SSSR count). The number of halogens is 2. The lowest BCUT2D eigenvalue weighted by atomic mass is 9.95. The fraction of sp³-hybridized carbons (Fsp3) is 0.158. The Bertz CT molecular complexity index is 1040. The van der Waals surface area contributed by atoms with E-state index in [0.717, 1.165) is 35.1 Å². The normalized spacial score (nSPS) is 18.2. The van der Waals surface area contributed by atoms with Crippen molar-refractivity contribution >= 4 is 32.8 Å². The molecule has 6 heteroatoms. The molecule has 128 valence electrons. The third-order valence-electron chi connectivity index (χ3n) is 4.71. The van der Waals surface area contributed by atoms with Gasteiger partial charge in [-0.1, -0.05) is 42.0 Å². The standard InChI is InChI=1S/C19H15ClFNO2S/c20-17-6-3-13(9-18(17)21)16-11-19(7-8-19)10-15(16)12-1-4-14(5-2-12)25(22,23)24/h1-6,9-11H,7-8H2,(H2,22,23,24). The van der Waals surface area contributed by atoms with Crippen LogP contribution in [0.25, 0.3) is 11.1 Å². The van der Waals surface area contributed by atoms with Crippen LogP contribution >= 0.6 is 11.6 Å². The Morgan fingerprint density at radius 3 is 2.04 bits per heavy atom. The Hall–Kier alpha value is -1.95. The zero-order chi connectivity index (χ0) is 17.8. The summed E-state index contributed by atoms with van der Waals surface area (Å²) in [4.78, 5) is 0.0686. The van der Waals surface area contributed by atoms with Gasteiger partial charge in [0.05, 0.1) is 9.92 Å². The van der Waals surface area contributed by atoms with Crippen LogP contribution in [0.2, 0.25) is 5.02 Å². The quantitative estimate of drug-likeness (QED) is 0.864. The maximum Gasteiger partial charge on any atom is 0.238 e. The lowest BCUT2D eigenvalue weighted by Gasteiger charge is -2.11. The van der Waals surface area contributed by atoms with E-state index >= 15 is 0 Å². The fourth-order valence-corrected chi connectivity index (χ4v) is 3.80. The van der Waals surface area contributed by atoms with Crippen molar-refractivity contribution in [1.82, 2.24) is 0 Å². The van der Waals surface area contributed by atoms with Crippen LogP contribution in [0.15, 0.2) is 59.5 Å². The summed E-state index contributed by atoms with van der Waals surface area (Å²) in [6.07, 6.45) is 6.47. The third kappa shape index (κ3) is 3.03. The molecule has 0 radical (unpaired) electrons. The molecule has 2 N–H and O–H groups in total. The van der Waals surface area contributed by atoms with Gasteiger partial charge in [0.2, 0.25) is 10.0 Å². The summed E-state index contributed by atoms with van der Waals surface area (Å²) in [5.74, 6) is -0.458. The Morgan fingerprint density at radius 2 is 1.52 bits per heavy atom. The fourth-order valence-electron chi connectivity index (χ4n) is 3.17. The van der Waals surface area contributed by atoms with Gasteiger partial charge in [-0.05, 0) is 59.4 Å². The molecule has 0 aromatic heterocycles. The van der Waals surface area contributed by atoms with Crippen molar-refractivity contribution in [1.29, 1.82) is 0 Å². The molecule has 1 spiro atoms. The molecule has 2 aliphatic carbocycles. The van der Waals surface area contributed by atoms with Crippen molar-refractivity contribution in [3.8, 4) is 0 Å². The van der Waals surface area contributed by atoms with Crippen LogP contribution in [0.3, 0.4) is 0 Å². The average Bonchev–Trinajstić information content (AvgIpc) is 3.20. The number of nitrogens with two attached hydrogens (primary N) is 1. The molecule has 1 fully saturated rings. The van der Waals surface area contributed by atoms with Gasteiger partial charge in [0.1, 0.15) is 5.82 Å². The zero-order valence-corrected chi connectivity index (χ0v) is 14.7. The van der Waals surface area contributed by atoms with Crippen molar-refractivity contribution in [2.75, 3.05) is 0 Å². The molecule has 0 unspecified atom stereocenters. The first-order valence-corrected chi connectivity index (χ1v) is 9.75. The highest BCUT2D eigenvalue weighted by Gasteiger charge is 2.43. The summed E-state index contributed by atoms with van der Waals surface area (Å²) in [7, 11) is -3.73. The van der Waals surface area contributed by atoms with Gasteiger partial charge in [-0.25, -0.2) is 17.9 Å². The monoisotopic (exact) mass is 375 g/mol. The van der Waals surface area contributed by atoms with Gasteiger partial charge < -0.3 is 0 Å². The Morgan fingerprint density at radius 1 is 0.960 bits per heavy atom. The predicted octanol–water partition coefficient (Wildman–Crippen LogP) is 4.39. The third-order valence-corrected chi connectivity index (χ3v) is 5.94. The van der Waals surface area contributed by atoms with E-state index in [0.29, 0.717) is 0 Å². The van der Waals surface area contributed by atoms with Gasteiger partial charge in [0.25, 0.3) is 0 Å². The van der Waals surface area contributed by atoms with Crippen molar-refractivity contribution < 1.29 is 12.8 Å². The lowest BCUT2D eigenvalue weighted by molar-refractivity contribution is 0.598. The van der Waals surface area contributed by atoms with Crippen molar-refractivity contribution in [2.24, 2.45) is 10.6 Å². The van der Waals surface area contributed by atoms with Crippen LogP contribution in [0.5, 0.6) is 0 Å². The average molecular weight is 376 g/mol. The zero-order valence-electron chi connectivity index (χ0n) is 13.2. The highest BCUT2D eigenvalue weighted by atomic mass is 35.5. The summed E-state index contributed by atoms with van der Waals surface area (Å²) in [5, 5.41) is 5.24. The molecule has 2 aromatic carbocycles. The Kier molecular flexibility index (Phi) is 3.65. The van der Waals surface area contributed by atoms with Crippen LogP contribution in [0, 0.1) is 11.2 Å². The number of hydrogen-bond acceptors (Lipinski definition) is 2. The minimum absolute atomic E-state index is 0.0411. The molecule has 0 heterocycles. The van der Waals surface area contributed by atoms with Crippen molar-refractivity contribution in [3.05, 3.63) is 76.6 Å². The van der Waals surface area contributed by atoms with Crippen LogP contribution in [0.1, 0.15) is 24.0 Å². The smallest absolute Gasteiger partial charge is 0.225 e. The first kappa shape index (κ1) is 16.5. The highest BCUT2D eigenvalue weighted by Crippen LogP contribution is 2.57. The summed E-state index contributed by atoms with van der Waals surface area (Å²) in [6.45, 7) is 0. The van der Waals surface area contributed by atoms with Gasteiger partial charge >= 0.3 is 0 Å². The second-order valence-electron chi connectivity index (χ2n) is 6.55. The summed E-state index contributed by atoms with van der Waals surface area (Å²) in [6, 6.07) is 11.2. The lowest BCUT2D eigenvalue weighted by Crippen LogP contribution is -2.11. The molecular weight excluding hydrogens is 361 g/mol. The molecular formula is C19H15ClFNO2S. The van der Waals surface area contributed by atoms with Gasteiger partial charge in [0.15, 0.2) is 0 Å². The molecule has 1 saturated carbocycles. The minimum atomic E-state index is -3.73. The number of benzene rings is 2. The largest absolute Gasteiger partial charge is 0.238 e. The molecule has 0 saturated heterocycles. The van der Waals surface area contributed by atoms with Crippen LogP contribution in [-0.4, -0.2) is 8.42 Å². The number of sulfonamides is 1. The van der Waals surface area contributed by atoms with E-state index in [1.54, 1.807) is 24.3 Å². The highest BCUT2D eigenvalue weighted by molar-refractivity contribution is 7.89. The molecule has 0 bridgehead atoms. The maximum absolute atomic E-state index is 13.9. The molecule has 2 aromatic rings. The number of rotatable bonds is 3. The number of hydrogen-bond donors (Lipinski definition) is 1. The molecule has 0 atom stereocenters. The summed E-state index contributed by atoms with van der Waals surface area (Å²) >= 11 is 5.79. The Balaban J connectivity index is 1.78. The van der Waals surface area contributed by atoms with Crippen LogP contribution in [0.4, 0.5) is 4.39 Å². The van der Waals surface area contributed by atoms with Crippen LogP contribution < -0.4 is 5.14 Å². The first-order valence-electron chi connectivity index (χ1n) is 7.82. The minimum Gasteiger partial charge on any atom is -0.225 e. The SMILES string of the molecule is NS(=O)(=O)c1ccc(C2=CC3(C=C2c2ccc(Cl)c(F)c2)CC3)cc1. The molecule has 3 nitrogen and oxygen atoms in total.